The van der Waals surface area contributed by atoms with Crippen LogP contribution in [0.2, 0.25) is 0 Å². The van der Waals surface area contributed by atoms with Gasteiger partial charge in [-0.3, -0.25) is 4.79 Å². The molecule has 0 fully saturated rings. The number of hydrogen-bond donors (Lipinski definition) is 1. The first kappa shape index (κ1) is 16.3. The van der Waals surface area contributed by atoms with Gasteiger partial charge in [0.1, 0.15) is 6.33 Å². The van der Waals surface area contributed by atoms with Crippen molar-refractivity contribution in [3.05, 3.63) is 65.7 Å². The molecule has 0 spiro atoms. The van der Waals surface area contributed by atoms with Crippen molar-refractivity contribution in [2.24, 2.45) is 0 Å². The Morgan fingerprint density at radius 3 is 2.83 bits per heavy atom. The van der Waals surface area contributed by atoms with E-state index in [4.69, 9.17) is 0 Å². The molecule has 2 aromatic heterocycles. The summed E-state index contributed by atoms with van der Waals surface area (Å²) in [6.45, 7) is 0. The summed E-state index contributed by atoms with van der Waals surface area (Å²) in [6.07, 6.45) is 7.54. The van der Waals surface area contributed by atoms with Crippen LogP contribution in [0.1, 0.15) is 27.9 Å². The van der Waals surface area contributed by atoms with Gasteiger partial charge >= 0.3 is 0 Å². The molecule has 0 saturated heterocycles. The number of halogens is 1. The van der Waals surface area contributed by atoms with E-state index >= 15 is 0 Å². The molecule has 0 aliphatic heterocycles. The molecule has 1 aliphatic rings. The maximum absolute atomic E-state index is 12.5. The molecule has 0 radical (unpaired) electrons. The number of carbonyl (C=O) groups excluding carboxylic acids is 1. The van der Waals surface area contributed by atoms with Crippen LogP contribution < -0.4 is 5.32 Å². The smallest absolute Gasteiger partial charge is 0.253 e. The maximum atomic E-state index is 12.5. The number of rotatable bonds is 2. The molecule has 1 N–H and O–H groups in total. The summed E-state index contributed by atoms with van der Waals surface area (Å²) in [5, 5.41) is 3.89. The molecule has 1 aromatic carbocycles. The van der Waals surface area contributed by atoms with Gasteiger partial charge in [0.05, 0.1) is 5.56 Å². The Kier molecular flexibility index (Phi) is 4.71. The fourth-order valence-electron chi connectivity index (χ4n) is 3.09. The second-order valence-electron chi connectivity index (χ2n) is 5.84. The lowest BCUT2D eigenvalue weighted by Gasteiger charge is -2.25. The third-order valence-corrected chi connectivity index (χ3v) is 4.30. The van der Waals surface area contributed by atoms with Gasteiger partial charge in [-0.2, -0.15) is 0 Å². The van der Waals surface area contributed by atoms with E-state index in [9.17, 15) is 4.79 Å². The van der Waals surface area contributed by atoms with Gasteiger partial charge in [-0.25, -0.2) is 15.0 Å². The third-order valence-electron chi connectivity index (χ3n) is 4.30. The second kappa shape index (κ2) is 6.93. The summed E-state index contributed by atoms with van der Waals surface area (Å²) < 4.78 is 0. The molecule has 24 heavy (non-hydrogen) atoms. The molecule has 6 heteroatoms. The number of carbonyl (C=O) groups is 1. The Morgan fingerprint density at radius 2 is 1.96 bits per heavy atom. The van der Waals surface area contributed by atoms with Gasteiger partial charge in [0.15, 0.2) is 5.65 Å². The van der Waals surface area contributed by atoms with E-state index in [1.54, 1.807) is 18.5 Å². The van der Waals surface area contributed by atoms with Crippen LogP contribution in [0.3, 0.4) is 0 Å². The van der Waals surface area contributed by atoms with Gasteiger partial charge in [-0.15, -0.1) is 12.4 Å². The van der Waals surface area contributed by atoms with Crippen LogP contribution in [0, 0.1) is 0 Å². The van der Waals surface area contributed by atoms with Crippen LogP contribution in [0.4, 0.5) is 0 Å². The summed E-state index contributed by atoms with van der Waals surface area (Å²) >= 11 is 0. The van der Waals surface area contributed by atoms with Gasteiger partial charge in [0.2, 0.25) is 0 Å². The van der Waals surface area contributed by atoms with E-state index in [0.717, 1.165) is 24.6 Å². The van der Waals surface area contributed by atoms with E-state index < -0.39 is 0 Å². The molecule has 122 valence electrons. The molecular weight excluding hydrogens is 324 g/mol. The number of aromatic nitrogens is 3. The Morgan fingerprint density at radius 1 is 1.12 bits per heavy atom. The number of amides is 1. The minimum Gasteiger partial charge on any atom is -0.349 e. The molecule has 1 amide bonds. The molecule has 1 aliphatic carbocycles. The lowest BCUT2D eigenvalue weighted by molar-refractivity contribution is 0.0933. The van der Waals surface area contributed by atoms with Crippen molar-refractivity contribution in [3.8, 4) is 0 Å². The van der Waals surface area contributed by atoms with Crippen molar-refractivity contribution in [3.63, 3.8) is 0 Å². The zero-order chi connectivity index (χ0) is 15.6. The monoisotopic (exact) mass is 340 g/mol. The van der Waals surface area contributed by atoms with Crippen molar-refractivity contribution >= 4 is 29.3 Å². The average Bonchev–Trinajstić information content (AvgIpc) is 2.61. The van der Waals surface area contributed by atoms with Crippen molar-refractivity contribution in [2.75, 3.05) is 0 Å². The van der Waals surface area contributed by atoms with Gasteiger partial charge in [-0.1, -0.05) is 24.3 Å². The van der Waals surface area contributed by atoms with Crippen molar-refractivity contribution in [1.29, 1.82) is 0 Å². The summed E-state index contributed by atoms with van der Waals surface area (Å²) in [6, 6.07) is 10.4. The molecule has 1 atom stereocenters. The van der Waals surface area contributed by atoms with Crippen molar-refractivity contribution in [2.45, 2.75) is 25.3 Å². The predicted octanol–water partition coefficient (Wildman–Crippen LogP) is 2.73. The molecule has 0 saturated carbocycles. The zero-order valence-electron chi connectivity index (χ0n) is 13.0. The second-order valence-corrected chi connectivity index (χ2v) is 5.84. The first-order valence-electron chi connectivity index (χ1n) is 7.73. The van der Waals surface area contributed by atoms with Crippen LogP contribution in [-0.2, 0) is 12.8 Å². The average molecular weight is 341 g/mol. The van der Waals surface area contributed by atoms with Crippen LogP contribution >= 0.6 is 12.4 Å². The molecule has 4 rings (SSSR count). The summed E-state index contributed by atoms with van der Waals surface area (Å²) in [5.41, 5.74) is 3.87. The van der Waals surface area contributed by atoms with E-state index in [0.29, 0.717) is 11.2 Å². The number of nitrogens with zero attached hydrogens (tertiary/aromatic N) is 3. The number of benzene rings is 1. The third kappa shape index (κ3) is 3.21. The number of pyridine rings is 1. The van der Waals surface area contributed by atoms with Crippen LogP contribution in [0.25, 0.3) is 11.0 Å². The summed E-state index contributed by atoms with van der Waals surface area (Å²) in [4.78, 5) is 24.7. The SMILES string of the molecule is Cl.O=C(NC1CCc2ccccc2C1)c1cnc2ncncc2c1. The number of nitrogens with one attached hydrogen (secondary N) is 1. The van der Waals surface area contributed by atoms with E-state index in [-0.39, 0.29) is 24.4 Å². The van der Waals surface area contributed by atoms with E-state index in [2.05, 4.69) is 44.5 Å². The topological polar surface area (TPSA) is 67.8 Å². The normalized spacial score (nSPS) is 16.1. The van der Waals surface area contributed by atoms with Crippen molar-refractivity contribution < 1.29 is 4.79 Å². The predicted molar refractivity (Wildman–Crippen MR) is 94.3 cm³/mol. The van der Waals surface area contributed by atoms with Gasteiger partial charge in [0, 0.05) is 23.8 Å². The lowest BCUT2D eigenvalue weighted by Crippen LogP contribution is -2.38. The molecule has 0 bridgehead atoms. The summed E-state index contributed by atoms with van der Waals surface area (Å²) in [7, 11) is 0. The highest BCUT2D eigenvalue weighted by atomic mass is 35.5. The van der Waals surface area contributed by atoms with Crippen LogP contribution in [-0.4, -0.2) is 26.9 Å². The molecule has 2 heterocycles. The Hall–Kier alpha value is -2.53. The van der Waals surface area contributed by atoms with Gasteiger partial charge < -0.3 is 5.32 Å². The Balaban J connectivity index is 0.00000169. The Bertz CT molecular complexity index is 884. The number of aryl methyl sites for hydroxylation is 1. The highest BCUT2D eigenvalue weighted by Gasteiger charge is 2.20. The maximum Gasteiger partial charge on any atom is 0.253 e. The van der Waals surface area contributed by atoms with Gasteiger partial charge in [-0.05, 0) is 36.5 Å². The molecule has 5 nitrogen and oxygen atoms in total. The Labute approximate surface area is 146 Å². The highest BCUT2D eigenvalue weighted by molar-refractivity contribution is 5.96. The van der Waals surface area contributed by atoms with E-state index in [1.165, 1.54) is 17.5 Å². The summed E-state index contributed by atoms with van der Waals surface area (Å²) in [5.74, 6) is -0.0902. The first-order valence-corrected chi connectivity index (χ1v) is 7.73. The molecule has 3 aromatic rings. The van der Waals surface area contributed by atoms with Crippen LogP contribution in [0.5, 0.6) is 0 Å². The minimum atomic E-state index is -0.0902. The van der Waals surface area contributed by atoms with E-state index in [1.807, 2.05) is 0 Å². The van der Waals surface area contributed by atoms with Gasteiger partial charge in [0.25, 0.3) is 5.91 Å². The van der Waals surface area contributed by atoms with Crippen LogP contribution in [0.15, 0.2) is 49.1 Å². The highest BCUT2D eigenvalue weighted by Crippen LogP contribution is 2.21. The quantitative estimate of drug-likeness (QED) is 0.779. The zero-order valence-corrected chi connectivity index (χ0v) is 13.8. The van der Waals surface area contributed by atoms with Crippen molar-refractivity contribution in [1.82, 2.24) is 20.3 Å². The fourth-order valence-corrected chi connectivity index (χ4v) is 3.09. The first-order chi connectivity index (χ1) is 11.3. The lowest BCUT2D eigenvalue weighted by atomic mass is 9.88. The standard InChI is InChI=1S/C18H16N4O.ClH/c23-18(15-7-14-9-19-11-21-17(14)20-10-15)22-16-6-5-12-3-1-2-4-13(12)8-16;/h1-4,7,9-11,16H,5-6,8H2,(H,22,23);1H. The number of fused-ring (bicyclic) bond motifs is 2. The largest absolute Gasteiger partial charge is 0.349 e. The molecule has 1 unspecified atom stereocenters. The minimum absolute atomic E-state index is 0. The fraction of sp³-hybridized carbons (Fsp3) is 0.222. The number of hydrogen-bond acceptors (Lipinski definition) is 4. The molecular formula is C18H17ClN4O.